The number of unbranched alkanes of at least 4 members (excludes halogenated alkanes) is 18. The zero-order valence-electron chi connectivity index (χ0n) is 30.9. The second-order valence-corrected chi connectivity index (χ2v) is 15.4. The molecule has 0 radical (unpaired) electrons. The monoisotopic (exact) mass is 662 g/mol. The average molecular weight is 662 g/mol. The first-order valence-corrected chi connectivity index (χ1v) is 20.6. The average Bonchev–Trinajstić information content (AvgIpc) is 3.98. The quantitative estimate of drug-likeness (QED) is 0.0682. The molecular weight excluding hydrogens is 586 g/mol. The van der Waals surface area contributed by atoms with Crippen molar-refractivity contribution in [2.24, 2.45) is 23.7 Å². The first-order chi connectivity index (χ1) is 22.9. The van der Waals surface area contributed by atoms with Crippen LogP contribution in [-0.4, -0.2) is 45.5 Å². The summed E-state index contributed by atoms with van der Waals surface area (Å²) in [6, 6.07) is -1.49. The van der Waals surface area contributed by atoms with Gasteiger partial charge in [0.05, 0.1) is 6.61 Å². The Hall–Kier alpha value is -1.43. The molecular formula is C41H75NO5. The van der Waals surface area contributed by atoms with E-state index in [0.29, 0.717) is 12.8 Å². The van der Waals surface area contributed by atoms with Gasteiger partial charge in [-0.1, -0.05) is 168 Å². The number of carbonyl (C=O) groups excluding carboxylic acids is 2. The molecule has 0 aromatic heterocycles. The fourth-order valence-corrected chi connectivity index (χ4v) is 7.83. The molecule has 0 aromatic carbocycles. The molecule has 2 aliphatic rings. The molecule has 274 valence electrons. The van der Waals surface area contributed by atoms with Crippen molar-refractivity contribution >= 4 is 17.8 Å². The molecule has 2 amide bonds. The summed E-state index contributed by atoms with van der Waals surface area (Å²) in [7, 11) is 0. The van der Waals surface area contributed by atoms with Gasteiger partial charge in [-0.05, 0) is 49.4 Å². The van der Waals surface area contributed by atoms with E-state index in [2.05, 4.69) is 13.8 Å². The Labute approximate surface area is 289 Å². The van der Waals surface area contributed by atoms with Crippen molar-refractivity contribution in [1.29, 1.82) is 0 Å². The first kappa shape index (κ1) is 41.7. The summed E-state index contributed by atoms with van der Waals surface area (Å²) < 4.78 is 0. The third kappa shape index (κ3) is 19.4. The summed E-state index contributed by atoms with van der Waals surface area (Å²) in [4.78, 5) is 38.6. The molecule has 5 atom stereocenters. The number of rotatable bonds is 33. The van der Waals surface area contributed by atoms with Crippen LogP contribution in [0.15, 0.2) is 0 Å². The number of hydrogen-bond donors (Lipinski definition) is 2. The predicted molar refractivity (Wildman–Crippen MR) is 194 cm³/mol. The lowest BCUT2D eigenvalue weighted by atomic mass is 10.0. The van der Waals surface area contributed by atoms with Crippen LogP contribution >= 0.6 is 0 Å². The highest BCUT2D eigenvalue weighted by Crippen LogP contribution is 2.46. The Bertz CT molecular complexity index is 775. The highest BCUT2D eigenvalue weighted by Gasteiger charge is 2.36. The number of nitrogens with zero attached hydrogens (tertiary/aromatic N) is 1. The molecule has 4 unspecified atom stereocenters. The molecule has 2 saturated carbocycles. The number of imide groups is 1. The highest BCUT2D eigenvalue weighted by molar-refractivity contribution is 5.99. The zero-order valence-corrected chi connectivity index (χ0v) is 30.9. The summed E-state index contributed by atoms with van der Waals surface area (Å²) in [5.74, 6) is 1.59. The Balaban J connectivity index is 1.50. The number of amides is 2. The molecule has 0 heterocycles. The van der Waals surface area contributed by atoms with Crippen LogP contribution in [0, 0.1) is 23.7 Å². The number of aliphatic hydroxyl groups is 1. The molecule has 2 aliphatic carbocycles. The lowest BCUT2D eigenvalue weighted by Crippen LogP contribution is -2.50. The van der Waals surface area contributed by atoms with E-state index in [9.17, 15) is 24.6 Å². The van der Waals surface area contributed by atoms with Crippen LogP contribution in [0.5, 0.6) is 0 Å². The number of carboxylic acid groups (broad SMARTS) is 1. The number of carboxylic acids is 1. The minimum absolute atomic E-state index is 0.166. The third-order valence-corrected chi connectivity index (χ3v) is 11.2. The van der Waals surface area contributed by atoms with Gasteiger partial charge in [-0.25, -0.2) is 4.79 Å². The van der Waals surface area contributed by atoms with Crippen molar-refractivity contribution in [3.63, 3.8) is 0 Å². The lowest BCUT2D eigenvalue weighted by molar-refractivity contribution is -0.160. The van der Waals surface area contributed by atoms with Gasteiger partial charge in [-0.3, -0.25) is 14.5 Å². The van der Waals surface area contributed by atoms with Crippen LogP contribution in [0.3, 0.4) is 0 Å². The smallest absolute Gasteiger partial charge is 0.329 e. The first-order valence-electron chi connectivity index (χ1n) is 20.6. The summed E-state index contributed by atoms with van der Waals surface area (Å²) in [6.07, 6.45) is 35.4. The van der Waals surface area contributed by atoms with E-state index in [1.807, 2.05) is 0 Å². The topological polar surface area (TPSA) is 94.9 Å². The molecule has 6 nitrogen and oxygen atoms in total. The summed E-state index contributed by atoms with van der Waals surface area (Å²) >= 11 is 0. The van der Waals surface area contributed by atoms with Gasteiger partial charge in [0.25, 0.3) is 0 Å². The molecule has 0 aromatic rings. The van der Waals surface area contributed by atoms with Gasteiger partial charge in [0.2, 0.25) is 11.8 Å². The lowest BCUT2D eigenvalue weighted by Gasteiger charge is -2.26. The van der Waals surface area contributed by atoms with Crippen LogP contribution in [0.25, 0.3) is 0 Å². The summed E-state index contributed by atoms with van der Waals surface area (Å²) in [5.41, 5.74) is 0. The van der Waals surface area contributed by atoms with Gasteiger partial charge in [0.1, 0.15) is 0 Å². The Morgan fingerprint density at radius 1 is 0.511 bits per heavy atom. The minimum Gasteiger partial charge on any atom is -0.480 e. The largest absolute Gasteiger partial charge is 0.480 e. The standard InChI is InChI=1S/C41H75NO5/c1-3-5-7-9-13-19-25-34-31-36(34)27-21-15-11-17-23-29-39(44)42(38(33-43)41(46)47)40(45)30-24-18-12-16-22-28-37-32-35(37)26-20-14-10-8-6-4-2/h34-38,43H,3-33H2,1-2H3,(H,46,47)/t34?,35?,36?,37?,38-/m0/s1. The molecule has 0 spiro atoms. The van der Waals surface area contributed by atoms with Crippen molar-refractivity contribution in [3.05, 3.63) is 0 Å². The van der Waals surface area contributed by atoms with Crippen molar-refractivity contribution in [3.8, 4) is 0 Å². The Morgan fingerprint density at radius 3 is 1.11 bits per heavy atom. The zero-order chi connectivity index (χ0) is 34.1. The maximum atomic E-state index is 13.0. The van der Waals surface area contributed by atoms with Crippen LogP contribution in [0.4, 0.5) is 0 Å². The maximum Gasteiger partial charge on any atom is 0.329 e. The van der Waals surface area contributed by atoms with Crippen molar-refractivity contribution in [1.82, 2.24) is 4.90 Å². The van der Waals surface area contributed by atoms with Gasteiger partial charge >= 0.3 is 5.97 Å². The van der Waals surface area contributed by atoms with Gasteiger partial charge in [0, 0.05) is 12.8 Å². The SMILES string of the molecule is CCCCCCCCC1CC1CCCCCCCC(=O)N(C(=O)CCCCCCCC1CC1CCCCCCCC)[C@@H](CO)C(=O)O. The van der Waals surface area contributed by atoms with Crippen LogP contribution in [0.2, 0.25) is 0 Å². The van der Waals surface area contributed by atoms with Crippen LogP contribution in [-0.2, 0) is 14.4 Å². The van der Waals surface area contributed by atoms with E-state index in [1.165, 1.54) is 141 Å². The van der Waals surface area contributed by atoms with E-state index >= 15 is 0 Å². The Kier molecular flexibility index (Phi) is 23.5. The van der Waals surface area contributed by atoms with Gasteiger partial charge < -0.3 is 10.2 Å². The summed E-state index contributed by atoms with van der Waals surface area (Å²) in [5, 5.41) is 19.3. The molecule has 0 aliphatic heterocycles. The molecule has 2 rings (SSSR count). The fraction of sp³-hybridized carbons (Fsp3) is 0.927. The minimum atomic E-state index is -1.49. The van der Waals surface area contributed by atoms with E-state index in [-0.39, 0.29) is 12.8 Å². The van der Waals surface area contributed by atoms with Crippen LogP contribution < -0.4 is 0 Å². The Morgan fingerprint density at radius 2 is 0.809 bits per heavy atom. The van der Waals surface area contributed by atoms with E-state index < -0.39 is 30.4 Å². The van der Waals surface area contributed by atoms with Crippen molar-refractivity contribution < 1.29 is 24.6 Å². The summed E-state index contributed by atoms with van der Waals surface area (Å²) in [6.45, 7) is 3.79. The molecule has 0 saturated heterocycles. The molecule has 6 heteroatoms. The second kappa shape index (κ2) is 26.4. The number of aliphatic carboxylic acids is 1. The van der Waals surface area contributed by atoms with Gasteiger partial charge in [0.15, 0.2) is 6.04 Å². The predicted octanol–water partition coefficient (Wildman–Crippen LogP) is 11.0. The van der Waals surface area contributed by atoms with Crippen molar-refractivity contribution in [2.75, 3.05) is 6.61 Å². The highest BCUT2D eigenvalue weighted by atomic mass is 16.4. The third-order valence-electron chi connectivity index (χ3n) is 11.2. The van der Waals surface area contributed by atoms with Gasteiger partial charge in [-0.2, -0.15) is 0 Å². The number of aliphatic hydroxyl groups excluding tert-OH is 1. The molecule has 0 bridgehead atoms. The molecule has 2 fully saturated rings. The molecule has 47 heavy (non-hydrogen) atoms. The number of carbonyl (C=O) groups is 3. The fourth-order valence-electron chi connectivity index (χ4n) is 7.83. The maximum absolute atomic E-state index is 13.0. The van der Waals surface area contributed by atoms with Crippen LogP contribution in [0.1, 0.15) is 206 Å². The normalized spacial score (nSPS) is 20.7. The second-order valence-electron chi connectivity index (χ2n) is 15.4. The van der Waals surface area contributed by atoms with E-state index in [4.69, 9.17) is 0 Å². The van der Waals surface area contributed by atoms with E-state index in [0.717, 1.165) is 54.3 Å². The molecule has 2 N–H and O–H groups in total. The van der Waals surface area contributed by atoms with Crippen molar-refractivity contribution in [2.45, 2.75) is 213 Å². The van der Waals surface area contributed by atoms with Gasteiger partial charge in [-0.15, -0.1) is 0 Å². The van der Waals surface area contributed by atoms with E-state index in [1.54, 1.807) is 0 Å². The number of hydrogen-bond acceptors (Lipinski definition) is 4.